The molecule has 0 saturated carbocycles. The standard InChI is InChI=1S/C22H30FN2O14P/c1-20(2,3)16(27)32-10-35-40(31,36-11-33-17(28)21(4,5)6)34-9-22(23)14-13(37-19(30)38-14)15(39-22)25-8-7-12(26)24-18(25)29/h7-8,13-15H,9-11H2,1-6H3,(H,24,26,29)/t13-,14+,15-,22-/m1/s1. The van der Waals surface area contributed by atoms with Crippen molar-refractivity contribution in [1.82, 2.24) is 9.55 Å². The Balaban J connectivity index is 1.78. The third kappa shape index (κ3) is 7.34. The summed E-state index contributed by atoms with van der Waals surface area (Å²) >= 11 is 0. The number of phosphoric ester groups is 1. The van der Waals surface area contributed by atoms with Gasteiger partial charge in [-0.15, -0.1) is 0 Å². The number of carbonyl (C=O) groups excluding carboxylic acids is 3. The minimum atomic E-state index is -4.86. The van der Waals surface area contributed by atoms with Gasteiger partial charge in [-0.05, 0) is 41.5 Å². The van der Waals surface area contributed by atoms with Crippen LogP contribution in [-0.4, -0.2) is 65.9 Å². The number of aromatic amines is 1. The van der Waals surface area contributed by atoms with Gasteiger partial charge in [0.15, 0.2) is 12.3 Å². The van der Waals surface area contributed by atoms with Gasteiger partial charge in [-0.1, -0.05) is 0 Å². The lowest BCUT2D eigenvalue weighted by atomic mass is 9.98. The topological polar surface area (TPSA) is 197 Å². The van der Waals surface area contributed by atoms with E-state index in [4.69, 9.17) is 37.3 Å². The highest BCUT2D eigenvalue weighted by molar-refractivity contribution is 7.48. The van der Waals surface area contributed by atoms with Crippen LogP contribution in [-0.2, 0) is 51.4 Å². The second-order valence-corrected chi connectivity index (χ2v) is 12.4. The Morgan fingerprint density at radius 3 is 2.05 bits per heavy atom. The maximum atomic E-state index is 16.0. The van der Waals surface area contributed by atoms with Crippen molar-refractivity contribution >= 4 is 25.9 Å². The predicted molar refractivity (Wildman–Crippen MR) is 127 cm³/mol. The van der Waals surface area contributed by atoms with Crippen molar-refractivity contribution in [3.05, 3.63) is 33.1 Å². The number of aromatic nitrogens is 2. The number of ether oxygens (including phenoxy) is 5. The summed E-state index contributed by atoms with van der Waals surface area (Å²) in [4.78, 5) is 61.4. The molecule has 18 heteroatoms. The zero-order chi connectivity index (χ0) is 30.1. The van der Waals surface area contributed by atoms with Crippen LogP contribution < -0.4 is 11.2 Å². The van der Waals surface area contributed by atoms with Gasteiger partial charge >= 0.3 is 31.6 Å². The molecule has 0 amide bonds. The fourth-order valence-electron chi connectivity index (χ4n) is 3.21. The summed E-state index contributed by atoms with van der Waals surface area (Å²) in [5, 5.41) is 0. The van der Waals surface area contributed by atoms with Crippen LogP contribution in [0.15, 0.2) is 21.9 Å². The van der Waals surface area contributed by atoms with Crippen LogP contribution in [0.3, 0.4) is 0 Å². The molecule has 3 rings (SSSR count). The Labute approximate surface area is 226 Å². The number of esters is 2. The number of H-pyrrole nitrogens is 1. The summed E-state index contributed by atoms with van der Waals surface area (Å²) in [5.41, 5.74) is -3.66. The first-order chi connectivity index (χ1) is 18.3. The summed E-state index contributed by atoms with van der Waals surface area (Å²) in [7, 11) is -4.86. The van der Waals surface area contributed by atoms with Gasteiger partial charge in [-0.25, -0.2) is 27.6 Å². The summed E-state index contributed by atoms with van der Waals surface area (Å²) in [5.74, 6) is -4.58. The van der Waals surface area contributed by atoms with Gasteiger partial charge in [0.05, 0.1) is 10.8 Å². The molecule has 2 aliphatic rings. The van der Waals surface area contributed by atoms with E-state index in [0.717, 1.165) is 16.8 Å². The van der Waals surface area contributed by atoms with Gasteiger partial charge in [0, 0.05) is 12.3 Å². The molecule has 1 aromatic rings. The summed E-state index contributed by atoms with van der Waals surface area (Å²) in [6.07, 6.45) is -5.29. The van der Waals surface area contributed by atoms with Crippen LogP contribution in [0.25, 0.3) is 0 Å². The Kier molecular flexibility index (Phi) is 8.96. The molecular formula is C22H30FN2O14P. The number of nitrogens with one attached hydrogen (secondary N) is 1. The van der Waals surface area contributed by atoms with E-state index in [0.29, 0.717) is 0 Å². The SMILES string of the molecule is CC(C)(C)C(=O)OCOP(=O)(OCOC(=O)C(C)(C)C)OC[C@@]1(F)O[C@@H](n2ccc(=O)[nH]c2=O)[C@@H]2OC(=O)O[C@@H]21. The van der Waals surface area contributed by atoms with Crippen LogP contribution in [0.1, 0.15) is 47.8 Å². The minimum absolute atomic E-state index is 0.743. The van der Waals surface area contributed by atoms with Crippen LogP contribution in [0.5, 0.6) is 0 Å². The van der Waals surface area contributed by atoms with E-state index in [-0.39, 0.29) is 0 Å². The Hall–Kier alpha value is -3.11. The molecule has 0 aromatic carbocycles. The third-order valence-corrected chi connectivity index (χ3v) is 6.64. The molecule has 2 aliphatic heterocycles. The van der Waals surface area contributed by atoms with Crippen LogP contribution >= 0.6 is 7.82 Å². The van der Waals surface area contributed by atoms with Crippen molar-refractivity contribution in [3.63, 3.8) is 0 Å². The van der Waals surface area contributed by atoms with E-state index < -0.39 is 92.5 Å². The molecule has 0 aliphatic carbocycles. The lowest BCUT2D eigenvalue weighted by Crippen LogP contribution is -2.42. The van der Waals surface area contributed by atoms with Crippen LogP contribution in [0, 0.1) is 10.8 Å². The number of hydrogen-bond acceptors (Lipinski definition) is 14. The number of nitrogens with zero attached hydrogens (tertiary/aromatic N) is 1. The molecule has 1 N–H and O–H groups in total. The summed E-state index contributed by atoms with van der Waals surface area (Å²) in [6, 6.07) is 0.944. The largest absolute Gasteiger partial charge is 0.509 e. The molecule has 40 heavy (non-hydrogen) atoms. The summed E-state index contributed by atoms with van der Waals surface area (Å²) in [6.45, 7) is 6.06. The van der Waals surface area contributed by atoms with Crippen LogP contribution in [0.4, 0.5) is 9.18 Å². The van der Waals surface area contributed by atoms with Gasteiger partial charge < -0.3 is 23.7 Å². The number of rotatable bonds is 10. The van der Waals surface area contributed by atoms with E-state index >= 15 is 4.39 Å². The quantitative estimate of drug-likeness (QED) is 0.178. The molecular weight excluding hydrogens is 566 g/mol. The van der Waals surface area contributed by atoms with Crippen LogP contribution in [0.2, 0.25) is 0 Å². The van der Waals surface area contributed by atoms with Gasteiger partial charge in [0.1, 0.15) is 6.61 Å². The normalized spacial score (nSPS) is 24.7. The average Bonchev–Trinajstić information content (AvgIpc) is 3.33. The first-order valence-corrected chi connectivity index (χ1v) is 13.2. The second-order valence-electron chi connectivity index (χ2n) is 10.8. The Morgan fingerprint density at radius 1 is 1.00 bits per heavy atom. The van der Waals surface area contributed by atoms with E-state index in [1.807, 2.05) is 4.98 Å². The van der Waals surface area contributed by atoms with Gasteiger partial charge in [0.25, 0.3) is 11.4 Å². The highest BCUT2D eigenvalue weighted by Crippen LogP contribution is 2.53. The van der Waals surface area contributed by atoms with E-state index in [1.54, 1.807) is 41.5 Å². The monoisotopic (exact) mass is 596 g/mol. The Morgan fingerprint density at radius 2 is 1.55 bits per heavy atom. The van der Waals surface area contributed by atoms with E-state index in [9.17, 15) is 28.5 Å². The number of fused-ring (bicyclic) bond motifs is 1. The minimum Gasteiger partial charge on any atom is -0.437 e. The maximum absolute atomic E-state index is 16.0. The third-order valence-electron chi connectivity index (χ3n) is 5.35. The van der Waals surface area contributed by atoms with Crippen molar-refractivity contribution in [2.24, 2.45) is 10.8 Å². The fourth-order valence-corrected chi connectivity index (χ4v) is 4.13. The van der Waals surface area contributed by atoms with E-state index in [1.165, 1.54) is 0 Å². The predicted octanol–water partition coefficient (Wildman–Crippen LogP) is 1.89. The first kappa shape index (κ1) is 31.4. The van der Waals surface area contributed by atoms with Crippen molar-refractivity contribution in [2.45, 2.75) is 65.8 Å². The highest BCUT2D eigenvalue weighted by atomic mass is 31.2. The maximum Gasteiger partial charge on any atom is 0.509 e. The molecule has 3 heterocycles. The number of hydrogen-bond donors (Lipinski definition) is 1. The zero-order valence-electron chi connectivity index (χ0n) is 22.5. The smallest absolute Gasteiger partial charge is 0.437 e. The molecule has 0 spiro atoms. The molecule has 1 aromatic heterocycles. The zero-order valence-corrected chi connectivity index (χ0v) is 23.4. The molecule has 0 bridgehead atoms. The van der Waals surface area contributed by atoms with Crippen molar-refractivity contribution < 1.29 is 60.6 Å². The number of phosphoric acid groups is 1. The number of carbonyl (C=O) groups is 3. The van der Waals surface area contributed by atoms with Crippen molar-refractivity contribution in [3.8, 4) is 0 Å². The average molecular weight is 596 g/mol. The Bertz CT molecular complexity index is 1260. The molecule has 16 nitrogen and oxygen atoms in total. The highest BCUT2D eigenvalue weighted by Gasteiger charge is 2.65. The van der Waals surface area contributed by atoms with Gasteiger partial charge in [0.2, 0.25) is 19.7 Å². The lowest BCUT2D eigenvalue weighted by molar-refractivity contribution is -0.210. The van der Waals surface area contributed by atoms with Crippen molar-refractivity contribution in [2.75, 3.05) is 20.2 Å². The molecule has 2 saturated heterocycles. The molecule has 224 valence electrons. The van der Waals surface area contributed by atoms with E-state index in [2.05, 4.69) is 0 Å². The number of halogens is 1. The molecule has 0 radical (unpaired) electrons. The molecule has 4 atom stereocenters. The first-order valence-electron chi connectivity index (χ1n) is 11.8. The second kappa shape index (κ2) is 11.4. The summed E-state index contributed by atoms with van der Waals surface area (Å²) < 4.78 is 69.9. The fraction of sp³-hybridized carbons (Fsp3) is 0.682. The van der Waals surface area contributed by atoms with Crippen molar-refractivity contribution in [1.29, 1.82) is 0 Å². The lowest BCUT2D eigenvalue weighted by Gasteiger charge is -2.26. The number of alkyl halides is 1. The molecule has 2 fully saturated rings. The molecule has 0 unspecified atom stereocenters. The van der Waals surface area contributed by atoms with Gasteiger partial charge in [-0.2, -0.15) is 0 Å². The van der Waals surface area contributed by atoms with Gasteiger partial charge in [-0.3, -0.25) is 28.5 Å².